The van der Waals surface area contributed by atoms with Gasteiger partial charge in [0.15, 0.2) is 9.84 Å². The van der Waals surface area contributed by atoms with Crippen molar-refractivity contribution in [3.63, 3.8) is 0 Å². The third-order valence-corrected chi connectivity index (χ3v) is 7.93. The quantitative estimate of drug-likeness (QED) is 0.827. The second-order valence-corrected chi connectivity index (χ2v) is 10.0. The van der Waals surface area contributed by atoms with Crippen molar-refractivity contribution in [1.29, 1.82) is 0 Å². The molecule has 1 saturated heterocycles. The van der Waals surface area contributed by atoms with Crippen molar-refractivity contribution in [3.05, 3.63) is 18.2 Å². The molecular formula is C18H24N2O4S2. The normalized spacial score (nSPS) is 20.4. The van der Waals surface area contributed by atoms with Crippen LogP contribution in [0.25, 0.3) is 0 Å². The van der Waals surface area contributed by atoms with Crippen LogP contribution in [0.3, 0.4) is 0 Å². The van der Waals surface area contributed by atoms with E-state index < -0.39 is 9.84 Å². The standard InChI is InChI=1S/C18H24N2O4S2/c1-2-15-18(22)19-14-7-6-13(12-16(14)25-15)26(23,24)11-8-17(21)20-9-4-3-5-10-20/h6-7,12,15H,2-5,8-11H2,1H3,(H,19,22). The Balaban J connectivity index is 1.69. The van der Waals surface area contributed by atoms with Crippen LogP contribution in [0.5, 0.6) is 0 Å². The summed E-state index contributed by atoms with van der Waals surface area (Å²) in [6, 6.07) is 4.75. The molecule has 1 unspecified atom stereocenters. The number of amides is 2. The highest BCUT2D eigenvalue weighted by Gasteiger charge is 2.27. The number of fused-ring (bicyclic) bond motifs is 1. The van der Waals surface area contributed by atoms with Crippen LogP contribution in [-0.4, -0.2) is 49.2 Å². The number of nitrogens with zero attached hydrogens (tertiary/aromatic N) is 1. The Morgan fingerprint density at radius 1 is 1.27 bits per heavy atom. The van der Waals surface area contributed by atoms with E-state index in [1.165, 1.54) is 17.8 Å². The number of rotatable bonds is 5. The number of carbonyl (C=O) groups excluding carboxylic acids is 2. The molecule has 1 N–H and O–H groups in total. The molecule has 6 nitrogen and oxygen atoms in total. The smallest absolute Gasteiger partial charge is 0.237 e. The van der Waals surface area contributed by atoms with Crippen molar-refractivity contribution < 1.29 is 18.0 Å². The molecule has 26 heavy (non-hydrogen) atoms. The van der Waals surface area contributed by atoms with Gasteiger partial charge in [-0.05, 0) is 43.9 Å². The molecule has 2 aliphatic heterocycles. The van der Waals surface area contributed by atoms with Gasteiger partial charge in [0.2, 0.25) is 11.8 Å². The highest BCUT2D eigenvalue weighted by Crippen LogP contribution is 2.38. The molecule has 0 saturated carbocycles. The topological polar surface area (TPSA) is 83.6 Å². The number of benzene rings is 1. The minimum absolute atomic E-state index is 0.0148. The molecule has 8 heteroatoms. The molecule has 0 aromatic heterocycles. The molecule has 2 aliphatic rings. The fourth-order valence-corrected chi connectivity index (χ4v) is 5.63. The summed E-state index contributed by atoms with van der Waals surface area (Å²) >= 11 is 1.39. The minimum atomic E-state index is -3.54. The molecule has 142 valence electrons. The van der Waals surface area contributed by atoms with E-state index >= 15 is 0 Å². The molecule has 2 heterocycles. The first-order chi connectivity index (χ1) is 12.4. The van der Waals surface area contributed by atoms with Crippen LogP contribution >= 0.6 is 11.8 Å². The van der Waals surface area contributed by atoms with Gasteiger partial charge in [-0.1, -0.05) is 6.92 Å². The Kier molecular flexibility index (Phi) is 5.92. The lowest BCUT2D eigenvalue weighted by Gasteiger charge is -2.26. The Bertz CT molecular complexity index is 801. The van der Waals surface area contributed by atoms with E-state index in [0.29, 0.717) is 12.1 Å². The number of hydrogen-bond acceptors (Lipinski definition) is 5. The van der Waals surface area contributed by atoms with Crippen LogP contribution in [-0.2, 0) is 19.4 Å². The summed E-state index contributed by atoms with van der Waals surface area (Å²) in [5.74, 6) is -0.318. The van der Waals surface area contributed by atoms with Crippen molar-refractivity contribution in [1.82, 2.24) is 4.90 Å². The van der Waals surface area contributed by atoms with Crippen molar-refractivity contribution in [2.75, 3.05) is 24.2 Å². The second-order valence-electron chi connectivity index (χ2n) is 6.67. The Morgan fingerprint density at radius 2 is 2.00 bits per heavy atom. The van der Waals surface area contributed by atoms with Gasteiger partial charge in [0.05, 0.1) is 21.6 Å². The summed E-state index contributed by atoms with van der Waals surface area (Å²) in [4.78, 5) is 26.9. The SMILES string of the molecule is CCC1Sc2cc(S(=O)(=O)CCC(=O)N3CCCCC3)ccc2NC1=O. The van der Waals surface area contributed by atoms with Gasteiger partial charge in [-0.3, -0.25) is 9.59 Å². The Morgan fingerprint density at radius 3 is 2.69 bits per heavy atom. The summed E-state index contributed by atoms with van der Waals surface area (Å²) in [6.45, 7) is 3.38. The molecule has 0 radical (unpaired) electrons. The van der Waals surface area contributed by atoms with Gasteiger partial charge >= 0.3 is 0 Å². The molecule has 1 aromatic rings. The third kappa shape index (κ3) is 4.23. The average molecular weight is 397 g/mol. The number of likely N-dealkylation sites (tertiary alicyclic amines) is 1. The molecule has 1 fully saturated rings. The van der Waals surface area contributed by atoms with Crippen molar-refractivity contribution in [3.8, 4) is 0 Å². The van der Waals surface area contributed by atoms with Gasteiger partial charge in [0.1, 0.15) is 0 Å². The maximum Gasteiger partial charge on any atom is 0.237 e. The molecule has 0 bridgehead atoms. The molecule has 0 spiro atoms. The zero-order chi connectivity index (χ0) is 18.7. The monoisotopic (exact) mass is 396 g/mol. The van der Waals surface area contributed by atoms with Gasteiger partial charge in [0, 0.05) is 24.4 Å². The first-order valence-corrected chi connectivity index (χ1v) is 11.6. The number of hydrogen-bond donors (Lipinski definition) is 1. The fourth-order valence-electron chi connectivity index (χ4n) is 3.23. The number of carbonyl (C=O) groups is 2. The van der Waals surface area contributed by atoms with Crippen molar-refractivity contribution >= 4 is 39.1 Å². The van der Waals surface area contributed by atoms with Crippen molar-refractivity contribution in [2.45, 2.75) is 54.1 Å². The maximum absolute atomic E-state index is 12.7. The van der Waals surface area contributed by atoms with Crippen LogP contribution in [0, 0.1) is 0 Å². The Labute approximate surface area is 158 Å². The summed E-state index contributed by atoms with van der Waals surface area (Å²) in [7, 11) is -3.54. The average Bonchev–Trinajstić information content (AvgIpc) is 2.66. The predicted octanol–water partition coefficient (Wildman–Crippen LogP) is 2.69. The van der Waals surface area contributed by atoms with E-state index in [-0.39, 0.29) is 34.1 Å². The van der Waals surface area contributed by atoms with Crippen LogP contribution in [0.1, 0.15) is 39.0 Å². The van der Waals surface area contributed by atoms with E-state index in [9.17, 15) is 18.0 Å². The van der Waals surface area contributed by atoms with Gasteiger partial charge in [-0.2, -0.15) is 0 Å². The van der Waals surface area contributed by atoms with E-state index in [1.807, 2.05) is 6.92 Å². The minimum Gasteiger partial charge on any atom is -0.343 e. The summed E-state index contributed by atoms with van der Waals surface area (Å²) in [5.41, 5.74) is 0.646. The summed E-state index contributed by atoms with van der Waals surface area (Å²) in [6.07, 6.45) is 3.80. The largest absolute Gasteiger partial charge is 0.343 e. The zero-order valence-electron chi connectivity index (χ0n) is 14.9. The first-order valence-electron chi connectivity index (χ1n) is 9.03. The number of nitrogens with one attached hydrogen (secondary N) is 1. The predicted molar refractivity (Wildman–Crippen MR) is 102 cm³/mol. The molecule has 1 atom stereocenters. The van der Waals surface area contributed by atoms with Crippen molar-refractivity contribution in [2.24, 2.45) is 0 Å². The lowest BCUT2D eigenvalue weighted by Crippen LogP contribution is -2.36. The van der Waals surface area contributed by atoms with E-state index in [2.05, 4.69) is 5.32 Å². The van der Waals surface area contributed by atoms with Gasteiger partial charge in [0.25, 0.3) is 0 Å². The zero-order valence-corrected chi connectivity index (χ0v) is 16.5. The lowest BCUT2D eigenvalue weighted by atomic mass is 10.1. The molecule has 2 amide bonds. The molecule has 0 aliphatic carbocycles. The third-order valence-electron chi connectivity index (χ3n) is 4.80. The van der Waals surface area contributed by atoms with E-state index in [1.54, 1.807) is 17.0 Å². The van der Waals surface area contributed by atoms with Crippen LogP contribution in [0.4, 0.5) is 5.69 Å². The maximum atomic E-state index is 12.7. The molecular weight excluding hydrogens is 372 g/mol. The van der Waals surface area contributed by atoms with E-state index in [0.717, 1.165) is 37.2 Å². The number of anilines is 1. The molecule has 3 rings (SSSR count). The number of piperidine rings is 1. The molecule has 1 aromatic carbocycles. The highest BCUT2D eigenvalue weighted by molar-refractivity contribution is 8.01. The van der Waals surface area contributed by atoms with Gasteiger partial charge in [-0.25, -0.2) is 8.42 Å². The van der Waals surface area contributed by atoms with Gasteiger partial charge < -0.3 is 10.2 Å². The van der Waals surface area contributed by atoms with Gasteiger partial charge in [-0.15, -0.1) is 11.8 Å². The Hall–Kier alpha value is -1.54. The van der Waals surface area contributed by atoms with Crippen LogP contribution in [0.15, 0.2) is 28.0 Å². The number of sulfone groups is 1. The highest BCUT2D eigenvalue weighted by atomic mass is 32.2. The summed E-state index contributed by atoms with van der Waals surface area (Å²) < 4.78 is 25.3. The summed E-state index contributed by atoms with van der Waals surface area (Å²) in [5, 5.41) is 2.61. The van der Waals surface area contributed by atoms with E-state index in [4.69, 9.17) is 0 Å². The lowest BCUT2D eigenvalue weighted by molar-refractivity contribution is -0.131. The second kappa shape index (κ2) is 8.00. The van der Waals surface area contributed by atoms with Crippen LogP contribution in [0.2, 0.25) is 0 Å². The van der Waals surface area contributed by atoms with Crippen LogP contribution < -0.4 is 5.32 Å². The number of thioether (sulfide) groups is 1. The fraction of sp³-hybridized carbons (Fsp3) is 0.556. The first kappa shape index (κ1) is 19.2.